The Balaban J connectivity index is 1.30. The third-order valence-electron chi connectivity index (χ3n) is 5.92. The minimum Gasteiger partial charge on any atom is -0.493 e. The number of fused-ring (bicyclic) bond motifs is 1. The van der Waals surface area contributed by atoms with Gasteiger partial charge >= 0.3 is 5.97 Å². The number of amides is 1. The predicted molar refractivity (Wildman–Crippen MR) is 144 cm³/mol. The SMILES string of the molecule is COc1cc(C=NNC(=O)c2c(-c3ccccc3)noc2C)ccc1OC(=O)c1cccc2ccccc12. The summed E-state index contributed by atoms with van der Waals surface area (Å²) in [5, 5.41) is 9.83. The zero-order chi connectivity index (χ0) is 26.5. The molecule has 38 heavy (non-hydrogen) atoms. The molecule has 1 heterocycles. The Morgan fingerprint density at radius 3 is 2.50 bits per heavy atom. The largest absolute Gasteiger partial charge is 0.493 e. The number of methoxy groups -OCH3 is 1. The van der Waals surface area contributed by atoms with Crippen LogP contribution in [0.5, 0.6) is 11.5 Å². The minimum atomic E-state index is -0.493. The van der Waals surface area contributed by atoms with E-state index in [9.17, 15) is 9.59 Å². The van der Waals surface area contributed by atoms with Crippen molar-refractivity contribution in [2.75, 3.05) is 7.11 Å². The van der Waals surface area contributed by atoms with Crippen LogP contribution in [-0.4, -0.2) is 30.4 Å². The number of nitrogens with one attached hydrogen (secondary N) is 1. The average molecular weight is 506 g/mol. The van der Waals surface area contributed by atoms with Gasteiger partial charge in [-0.05, 0) is 47.5 Å². The van der Waals surface area contributed by atoms with Crippen LogP contribution in [0.2, 0.25) is 0 Å². The van der Waals surface area contributed by atoms with Crippen LogP contribution in [0, 0.1) is 6.92 Å². The monoisotopic (exact) mass is 505 g/mol. The van der Waals surface area contributed by atoms with Gasteiger partial charge in [-0.15, -0.1) is 0 Å². The van der Waals surface area contributed by atoms with Crippen molar-refractivity contribution in [1.82, 2.24) is 10.6 Å². The van der Waals surface area contributed by atoms with Gasteiger partial charge in [0.2, 0.25) is 0 Å². The summed E-state index contributed by atoms with van der Waals surface area (Å²) in [6.07, 6.45) is 1.46. The van der Waals surface area contributed by atoms with Crippen LogP contribution in [0.3, 0.4) is 0 Å². The summed E-state index contributed by atoms with van der Waals surface area (Å²) in [5.74, 6) is 0.0449. The number of hydrogen-bond acceptors (Lipinski definition) is 7. The molecular weight excluding hydrogens is 482 g/mol. The van der Waals surface area contributed by atoms with E-state index in [1.165, 1.54) is 13.3 Å². The summed E-state index contributed by atoms with van der Waals surface area (Å²) >= 11 is 0. The van der Waals surface area contributed by atoms with Crippen molar-refractivity contribution in [2.24, 2.45) is 5.10 Å². The molecule has 5 rings (SSSR count). The van der Waals surface area contributed by atoms with Gasteiger partial charge in [-0.3, -0.25) is 4.79 Å². The molecule has 0 spiro atoms. The number of rotatable bonds is 7. The molecule has 0 saturated carbocycles. The second-order valence-electron chi connectivity index (χ2n) is 8.35. The lowest BCUT2D eigenvalue weighted by Crippen LogP contribution is -2.18. The number of aryl methyl sites for hydroxylation is 1. The quantitative estimate of drug-likeness (QED) is 0.130. The Labute approximate surface area is 218 Å². The van der Waals surface area contributed by atoms with Gasteiger partial charge in [-0.2, -0.15) is 5.10 Å². The van der Waals surface area contributed by atoms with E-state index in [1.807, 2.05) is 66.7 Å². The molecule has 0 bridgehead atoms. The first kappa shape index (κ1) is 24.5. The Morgan fingerprint density at radius 1 is 0.921 bits per heavy atom. The highest BCUT2D eigenvalue weighted by Gasteiger charge is 2.21. The Morgan fingerprint density at radius 2 is 1.68 bits per heavy atom. The second-order valence-corrected chi connectivity index (χ2v) is 8.35. The number of carbonyl (C=O) groups is 2. The fourth-order valence-corrected chi connectivity index (χ4v) is 4.06. The first-order chi connectivity index (χ1) is 18.5. The predicted octanol–water partition coefficient (Wildman–Crippen LogP) is 5.79. The lowest BCUT2D eigenvalue weighted by molar-refractivity contribution is 0.0731. The van der Waals surface area contributed by atoms with Crippen LogP contribution in [0.1, 0.15) is 32.0 Å². The molecule has 0 aliphatic rings. The van der Waals surface area contributed by atoms with Crippen molar-refractivity contribution in [1.29, 1.82) is 0 Å². The number of carbonyl (C=O) groups excluding carboxylic acids is 2. The minimum absolute atomic E-state index is 0.263. The van der Waals surface area contributed by atoms with Gasteiger partial charge in [-0.1, -0.05) is 71.9 Å². The van der Waals surface area contributed by atoms with Crippen molar-refractivity contribution < 1.29 is 23.6 Å². The molecule has 8 nitrogen and oxygen atoms in total. The molecule has 5 aromatic rings. The van der Waals surface area contributed by atoms with E-state index >= 15 is 0 Å². The van der Waals surface area contributed by atoms with Gasteiger partial charge in [0, 0.05) is 5.56 Å². The van der Waals surface area contributed by atoms with Crippen molar-refractivity contribution in [3.63, 3.8) is 0 Å². The van der Waals surface area contributed by atoms with Crippen LogP contribution in [0.15, 0.2) is 101 Å². The standard InChI is InChI=1S/C30H23N3O5/c1-19-27(28(33-38-19)22-10-4-3-5-11-22)29(34)32-31-18-20-15-16-25(26(17-20)36-2)37-30(35)24-14-8-12-21-9-6-7-13-23(21)24/h3-18H,1-2H3,(H,32,34). The van der Waals surface area contributed by atoms with Crippen LogP contribution >= 0.6 is 0 Å². The maximum Gasteiger partial charge on any atom is 0.344 e. The molecule has 1 aromatic heterocycles. The first-order valence-corrected chi connectivity index (χ1v) is 11.8. The number of esters is 1. The van der Waals surface area contributed by atoms with E-state index in [-0.39, 0.29) is 5.75 Å². The summed E-state index contributed by atoms with van der Waals surface area (Å²) in [7, 11) is 1.48. The highest BCUT2D eigenvalue weighted by molar-refractivity contribution is 6.05. The summed E-state index contributed by atoms with van der Waals surface area (Å²) < 4.78 is 16.3. The van der Waals surface area contributed by atoms with Crippen LogP contribution in [-0.2, 0) is 0 Å². The zero-order valence-electron chi connectivity index (χ0n) is 20.7. The van der Waals surface area contributed by atoms with E-state index in [4.69, 9.17) is 14.0 Å². The number of nitrogens with zero attached hydrogens (tertiary/aromatic N) is 2. The molecule has 8 heteroatoms. The average Bonchev–Trinajstić information content (AvgIpc) is 3.35. The highest BCUT2D eigenvalue weighted by Crippen LogP contribution is 2.30. The highest BCUT2D eigenvalue weighted by atomic mass is 16.6. The van der Waals surface area contributed by atoms with E-state index < -0.39 is 11.9 Å². The van der Waals surface area contributed by atoms with Gasteiger partial charge in [0.05, 0.1) is 18.9 Å². The maximum atomic E-state index is 12.9. The summed E-state index contributed by atoms with van der Waals surface area (Å²) in [6, 6.07) is 27.3. The van der Waals surface area contributed by atoms with Gasteiger partial charge in [0.1, 0.15) is 17.0 Å². The van der Waals surface area contributed by atoms with Gasteiger partial charge in [0.25, 0.3) is 5.91 Å². The topological polar surface area (TPSA) is 103 Å². The van der Waals surface area contributed by atoms with Crippen LogP contribution in [0.25, 0.3) is 22.0 Å². The summed E-state index contributed by atoms with van der Waals surface area (Å²) in [5.41, 5.74) is 5.10. The lowest BCUT2D eigenvalue weighted by Gasteiger charge is -2.11. The van der Waals surface area contributed by atoms with Crippen molar-refractivity contribution in [3.8, 4) is 22.8 Å². The molecule has 0 aliphatic heterocycles. The third kappa shape index (κ3) is 5.01. The van der Waals surface area contributed by atoms with E-state index in [1.54, 1.807) is 31.2 Å². The molecule has 0 unspecified atom stereocenters. The number of benzene rings is 4. The molecule has 4 aromatic carbocycles. The van der Waals surface area contributed by atoms with Gasteiger partial charge in [0.15, 0.2) is 11.5 Å². The molecule has 0 radical (unpaired) electrons. The van der Waals surface area contributed by atoms with Crippen LogP contribution < -0.4 is 14.9 Å². The molecule has 0 atom stereocenters. The molecule has 0 aliphatic carbocycles. The lowest BCUT2D eigenvalue weighted by atomic mass is 10.0. The molecule has 1 amide bonds. The first-order valence-electron chi connectivity index (χ1n) is 11.8. The van der Waals surface area contributed by atoms with Gasteiger partial charge in [-0.25, -0.2) is 10.2 Å². The van der Waals surface area contributed by atoms with Crippen molar-refractivity contribution in [2.45, 2.75) is 6.92 Å². The molecule has 0 fully saturated rings. The fraction of sp³-hybridized carbons (Fsp3) is 0.0667. The Hall–Kier alpha value is -5.24. The number of ether oxygens (including phenoxy) is 2. The Kier molecular flexibility index (Phi) is 6.95. The van der Waals surface area contributed by atoms with E-state index in [2.05, 4.69) is 15.7 Å². The molecule has 188 valence electrons. The van der Waals surface area contributed by atoms with Crippen molar-refractivity contribution in [3.05, 3.63) is 113 Å². The fourth-order valence-electron chi connectivity index (χ4n) is 4.06. The summed E-state index contributed by atoms with van der Waals surface area (Å²) in [6.45, 7) is 1.67. The number of hydrazone groups is 1. The molecule has 0 saturated heterocycles. The second kappa shape index (κ2) is 10.8. The Bertz CT molecular complexity index is 1650. The number of aromatic nitrogens is 1. The summed E-state index contributed by atoms with van der Waals surface area (Å²) in [4.78, 5) is 25.8. The van der Waals surface area contributed by atoms with Gasteiger partial charge < -0.3 is 14.0 Å². The normalized spacial score (nSPS) is 11.0. The van der Waals surface area contributed by atoms with E-state index in [0.717, 1.165) is 16.3 Å². The molecule has 1 N–H and O–H groups in total. The third-order valence-corrected chi connectivity index (χ3v) is 5.92. The number of hydrogen-bond donors (Lipinski definition) is 1. The smallest absolute Gasteiger partial charge is 0.344 e. The van der Waals surface area contributed by atoms with E-state index in [0.29, 0.717) is 33.9 Å². The maximum absolute atomic E-state index is 12.9. The van der Waals surface area contributed by atoms with Crippen molar-refractivity contribution >= 4 is 28.9 Å². The van der Waals surface area contributed by atoms with Crippen LogP contribution in [0.4, 0.5) is 0 Å². The zero-order valence-corrected chi connectivity index (χ0v) is 20.7. The molecular formula is C30H23N3O5.